The zero-order valence-corrected chi connectivity index (χ0v) is 17.3. The van der Waals surface area contributed by atoms with Crippen LogP contribution in [-0.4, -0.2) is 42.4 Å². The number of nitrogen functional groups attached to an aromatic ring is 1. The van der Waals surface area contributed by atoms with E-state index in [1.807, 2.05) is 41.0 Å². The Bertz CT molecular complexity index is 1240. The number of aromatic hydroxyl groups is 1. The molecule has 0 aliphatic carbocycles. The van der Waals surface area contributed by atoms with Crippen molar-refractivity contribution in [1.82, 2.24) is 19.5 Å². The number of para-hydroxylation sites is 1. The number of rotatable bonds is 6. The zero-order valence-electron chi connectivity index (χ0n) is 17.3. The average molecular weight is 432 g/mol. The molecule has 1 saturated heterocycles. The number of aliphatic hydroxyl groups is 1. The summed E-state index contributed by atoms with van der Waals surface area (Å²) in [7, 11) is 0. The van der Waals surface area contributed by atoms with Crippen LogP contribution >= 0.6 is 0 Å². The van der Waals surface area contributed by atoms with Crippen LogP contribution in [0.2, 0.25) is 0 Å². The van der Waals surface area contributed by atoms with Crippen molar-refractivity contribution >= 4 is 22.9 Å². The maximum Gasteiger partial charge on any atom is 0.207 e. The van der Waals surface area contributed by atoms with Crippen LogP contribution in [0.1, 0.15) is 24.6 Å². The Morgan fingerprint density at radius 3 is 2.66 bits per heavy atom. The number of nitrogens with one attached hydrogen (secondary N) is 1. The molecule has 2 aromatic heterocycles. The number of anilines is 2. The van der Waals surface area contributed by atoms with E-state index in [4.69, 9.17) is 10.5 Å². The molecule has 1 fully saturated rings. The van der Waals surface area contributed by atoms with Crippen LogP contribution in [0, 0.1) is 0 Å². The van der Waals surface area contributed by atoms with E-state index in [9.17, 15) is 10.2 Å². The van der Waals surface area contributed by atoms with Crippen molar-refractivity contribution in [3.05, 3.63) is 60.4 Å². The number of phenolic OH excluding ortho intramolecular Hbond substituents is 1. The van der Waals surface area contributed by atoms with E-state index in [0.29, 0.717) is 29.5 Å². The molecule has 2 atom stereocenters. The molecule has 0 amide bonds. The molecular weight excluding hydrogens is 408 g/mol. The molecule has 0 spiro atoms. The Balaban J connectivity index is 1.40. The number of benzene rings is 2. The molecule has 3 heterocycles. The monoisotopic (exact) mass is 432 g/mol. The van der Waals surface area contributed by atoms with Crippen molar-refractivity contribution in [1.29, 1.82) is 0 Å². The van der Waals surface area contributed by atoms with Crippen LogP contribution in [0.3, 0.4) is 0 Å². The molecule has 2 aromatic carbocycles. The largest absolute Gasteiger partial charge is 0.507 e. The minimum Gasteiger partial charge on any atom is -0.507 e. The lowest BCUT2D eigenvalue weighted by atomic mass is 10.0. The molecule has 164 valence electrons. The van der Waals surface area contributed by atoms with Crippen molar-refractivity contribution in [2.75, 3.05) is 17.7 Å². The summed E-state index contributed by atoms with van der Waals surface area (Å²) in [4.78, 5) is 13.0. The Morgan fingerprint density at radius 2 is 1.91 bits per heavy atom. The molecule has 1 aliphatic rings. The Morgan fingerprint density at radius 1 is 1.09 bits per heavy atom. The molecule has 0 bridgehead atoms. The molecular formula is C23H24N6O3. The van der Waals surface area contributed by atoms with Gasteiger partial charge in [0.1, 0.15) is 18.3 Å². The van der Waals surface area contributed by atoms with Crippen LogP contribution in [0.15, 0.2) is 54.9 Å². The molecule has 9 heteroatoms. The number of imidazole rings is 1. The van der Waals surface area contributed by atoms with Gasteiger partial charge in [-0.05, 0) is 30.0 Å². The second-order valence-corrected chi connectivity index (χ2v) is 7.78. The summed E-state index contributed by atoms with van der Waals surface area (Å²) in [6.45, 7) is 0.500. The van der Waals surface area contributed by atoms with Crippen LogP contribution in [-0.2, 0) is 11.3 Å². The number of ether oxygens (including phenoxy) is 1. The summed E-state index contributed by atoms with van der Waals surface area (Å²) in [5.74, 6) is 1.14. The third kappa shape index (κ3) is 3.72. The summed E-state index contributed by atoms with van der Waals surface area (Å²) < 4.78 is 7.87. The van der Waals surface area contributed by atoms with Crippen LogP contribution in [0.25, 0.3) is 22.3 Å². The Kier molecular flexibility index (Phi) is 5.34. The number of fused-ring (bicyclic) bond motifs is 1. The van der Waals surface area contributed by atoms with Gasteiger partial charge in [-0.15, -0.1) is 0 Å². The van der Waals surface area contributed by atoms with Gasteiger partial charge in [-0.2, -0.15) is 0 Å². The molecule has 0 saturated carbocycles. The van der Waals surface area contributed by atoms with Crippen molar-refractivity contribution in [3.63, 3.8) is 0 Å². The summed E-state index contributed by atoms with van der Waals surface area (Å²) in [6, 6.07) is 15.2. The lowest BCUT2D eigenvalue weighted by molar-refractivity contribution is -0.0197. The van der Waals surface area contributed by atoms with Crippen molar-refractivity contribution in [2.45, 2.75) is 31.7 Å². The fraction of sp³-hybridized carbons (Fsp3) is 0.261. The fourth-order valence-corrected chi connectivity index (χ4v) is 4.04. The van der Waals surface area contributed by atoms with Gasteiger partial charge < -0.3 is 26.0 Å². The lowest BCUT2D eigenvalue weighted by Gasteiger charge is -2.17. The van der Waals surface area contributed by atoms with E-state index in [2.05, 4.69) is 20.3 Å². The molecule has 5 N–H and O–H groups in total. The van der Waals surface area contributed by atoms with Crippen LogP contribution < -0.4 is 11.1 Å². The van der Waals surface area contributed by atoms with Crippen molar-refractivity contribution in [3.8, 4) is 16.9 Å². The van der Waals surface area contributed by atoms with Gasteiger partial charge in [0.25, 0.3) is 0 Å². The third-order valence-corrected chi connectivity index (χ3v) is 5.70. The first-order valence-electron chi connectivity index (χ1n) is 10.5. The highest BCUT2D eigenvalue weighted by Gasteiger charge is 2.30. The number of aliphatic hydroxyl groups excluding tert-OH is 1. The second kappa shape index (κ2) is 8.45. The minimum absolute atomic E-state index is 0.0215. The van der Waals surface area contributed by atoms with Gasteiger partial charge in [0, 0.05) is 12.1 Å². The van der Waals surface area contributed by atoms with Gasteiger partial charge in [0.05, 0.1) is 12.7 Å². The molecule has 32 heavy (non-hydrogen) atoms. The quantitative estimate of drug-likeness (QED) is 0.366. The number of phenols is 1. The number of aromatic nitrogens is 4. The minimum atomic E-state index is -0.294. The van der Waals surface area contributed by atoms with Gasteiger partial charge >= 0.3 is 0 Å². The van der Waals surface area contributed by atoms with E-state index in [0.717, 1.165) is 29.5 Å². The fourth-order valence-electron chi connectivity index (χ4n) is 4.04. The summed E-state index contributed by atoms with van der Waals surface area (Å²) in [5, 5.41) is 22.9. The van der Waals surface area contributed by atoms with E-state index < -0.39 is 0 Å². The maximum absolute atomic E-state index is 10.1. The lowest BCUT2D eigenvalue weighted by Crippen LogP contribution is -2.17. The topological polar surface area (TPSA) is 131 Å². The standard InChI is InChI=1S/C23H24N6O3/c24-21-20-22(27-13-26-21)29(19-10-9-16(12-30)32-19)23(28-20)25-11-14-5-7-15(8-6-14)17-3-1-2-4-18(17)31/h1-8,13,16,19,30-31H,9-12H2,(H,25,28)(H2,24,26,27)/t16-,19+/m0/s1. The highest BCUT2D eigenvalue weighted by molar-refractivity contribution is 5.84. The molecule has 9 nitrogen and oxygen atoms in total. The second-order valence-electron chi connectivity index (χ2n) is 7.78. The first-order chi connectivity index (χ1) is 15.6. The molecule has 1 aliphatic heterocycles. The van der Waals surface area contributed by atoms with E-state index >= 15 is 0 Å². The molecule has 0 unspecified atom stereocenters. The van der Waals surface area contributed by atoms with Gasteiger partial charge in [0.15, 0.2) is 17.0 Å². The molecule has 0 radical (unpaired) electrons. The van der Waals surface area contributed by atoms with Gasteiger partial charge in [-0.25, -0.2) is 15.0 Å². The first-order valence-corrected chi connectivity index (χ1v) is 10.5. The number of hydrogen-bond donors (Lipinski definition) is 4. The van der Waals surface area contributed by atoms with Gasteiger partial charge in [-0.3, -0.25) is 4.57 Å². The van der Waals surface area contributed by atoms with Gasteiger partial charge in [-0.1, -0.05) is 42.5 Å². The van der Waals surface area contributed by atoms with Crippen molar-refractivity contribution < 1.29 is 14.9 Å². The number of nitrogens with zero attached hydrogens (tertiary/aromatic N) is 4. The third-order valence-electron chi connectivity index (χ3n) is 5.70. The summed E-state index contributed by atoms with van der Waals surface area (Å²) in [6.07, 6.45) is 2.42. The highest BCUT2D eigenvalue weighted by Crippen LogP contribution is 2.34. The maximum atomic E-state index is 10.1. The summed E-state index contributed by atoms with van der Waals surface area (Å²) in [5.41, 5.74) is 9.91. The predicted molar refractivity (Wildman–Crippen MR) is 121 cm³/mol. The number of nitrogens with two attached hydrogens (primary N) is 1. The number of hydrogen-bond acceptors (Lipinski definition) is 8. The average Bonchev–Trinajstić information content (AvgIpc) is 3.43. The van der Waals surface area contributed by atoms with Crippen molar-refractivity contribution in [2.24, 2.45) is 0 Å². The van der Waals surface area contributed by atoms with Gasteiger partial charge in [0.2, 0.25) is 5.95 Å². The SMILES string of the molecule is Nc1ncnc2c1nc(NCc1ccc(-c3ccccc3O)cc1)n2[C@H]1CC[C@@H](CO)O1. The predicted octanol–water partition coefficient (Wildman–Crippen LogP) is 3.06. The van der Waals surface area contributed by atoms with E-state index in [-0.39, 0.29) is 24.7 Å². The zero-order chi connectivity index (χ0) is 22.1. The van der Waals surface area contributed by atoms with Crippen LogP contribution in [0.5, 0.6) is 5.75 Å². The highest BCUT2D eigenvalue weighted by atomic mass is 16.5. The van der Waals surface area contributed by atoms with E-state index in [1.54, 1.807) is 12.1 Å². The Labute approximate surface area is 184 Å². The smallest absolute Gasteiger partial charge is 0.207 e. The Hall–Kier alpha value is -3.69. The first kappa shape index (κ1) is 20.2. The van der Waals surface area contributed by atoms with E-state index in [1.165, 1.54) is 6.33 Å². The van der Waals surface area contributed by atoms with Crippen LogP contribution in [0.4, 0.5) is 11.8 Å². The molecule has 4 aromatic rings. The normalized spacial score (nSPS) is 18.3. The molecule has 5 rings (SSSR count). The summed E-state index contributed by atoms with van der Waals surface area (Å²) >= 11 is 0.